The smallest absolute Gasteiger partial charge is 0.230 e. The van der Waals surface area contributed by atoms with Gasteiger partial charge in [-0.25, -0.2) is 0 Å². The molecule has 1 amide bonds. The topological polar surface area (TPSA) is 79.2 Å². The minimum absolute atomic E-state index is 0.203. The minimum atomic E-state index is -0.876. The lowest BCUT2D eigenvalue weighted by Gasteiger charge is -2.21. The lowest BCUT2D eigenvalue weighted by Crippen LogP contribution is -2.35. The van der Waals surface area contributed by atoms with Crippen molar-refractivity contribution in [1.82, 2.24) is 4.90 Å². The van der Waals surface area contributed by atoms with Crippen molar-refractivity contribution in [2.24, 2.45) is 5.92 Å². The maximum Gasteiger partial charge on any atom is 0.230 e. The van der Waals surface area contributed by atoms with Gasteiger partial charge in [0.2, 0.25) is 5.91 Å². The van der Waals surface area contributed by atoms with Crippen LogP contribution in [0.1, 0.15) is 30.4 Å². The average Bonchev–Trinajstić information content (AvgIpc) is 3.03. The van der Waals surface area contributed by atoms with E-state index in [1.165, 1.54) is 4.90 Å². The van der Waals surface area contributed by atoms with Crippen molar-refractivity contribution in [2.75, 3.05) is 13.7 Å². The van der Waals surface area contributed by atoms with Gasteiger partial charge in [-0.05, 0) is 36.1 Å². The number of carbonyl (C=O) groups excluding carboxylic acids is 1. The number of aliphatic hydroxyl groups is 2. The van der Waals surface area contributed by atoms with Gasteiger partial charge >= 0.3 is 0 Å². The van der Waals surface area contributed by atoms with E-state index in [0.717, 1.165) is 16.9 Å². The van der Waals surface area contributed by atoms with Crippen molar-refractivity contribution in [3.8, 4) is 5.75 Å². The highest BCUT2D eigenvalue weighted by atomic mass is 16.5. The van der Waals surface area contributed by atoms with Gasteiger partial charge in [-0.2, -0.15) is 0 Å². The Bertz CT molecular complexity index is 765. The molecular formula is C23H29NO5. The molecule has 29 heavy (non-hydrogen) atoms. The molecule has 0 spiro atoms. The van der Waals surface area contributed by atoms with Crippen LogP contribution in [0.5, 0.6) is 5.75 Å². The Labute approximate surface area is 171 Å². The third-order valence-electron chi connectivity index (χ3n) is 5.30. The van der Waals surface area contributed by atoms with E-state index in [-0.39, 0.29) is 12.3 Å². The maximum atomic E-state index is 12.7. The van der Waals surface area contributed by atoms with Crippen LogP contribution in [0.2, 0.25) is 0 Å². The summed E-state index contributed by atoms with van der Waals surface area (Å²) in [6, 6.07) is 17.3. The molecule has 3 rings (SSSR count). The van der Waals surface area contributed by atoms with Crippen LogP contribution in [-0.4, -0.2) is 47.1 Å². The zero-order chi connectivity index (χ0) is 20.6. The number of aliphatic hydroxyl groups excluding tert-OH is 2. The van der Waals surface area contributed by atoms with Crippen molar-refractivity contribution in [3.63, 3.8) is 0 Å². The summed E-state index contributed by atoms with van der Waals surface area (Å²) in [6.07, 6.45) is -0.279. The predicted octanol–water partition coefficient (Wildman–Crippen LogP) is 2.72. The van der Waals surface area contributed by atoms with Gasteiger partial charge in [0.25, 0.3) is 0 Å². The van der Waals surface area contributed by atoms with Crippen LogP contribution in [0, 0.1) is 5.92 Å². The van der Waals surface area contributed by atoms with Gasteiger partial charge in [-0.1, -0.05) is 42.5 Å². The molecule has 2 N–H and O–H groups in total. The normalized spacial score (nSPS) is 20.1. The van der Waals surface area contributed by atoms with Crippen molar-refractivity contribution in [2.45, 2.75) is 44.7 Å². The first-order valence-corrected chi connectivity index (χ1v) is 9.99. The summed E-state index contributed by atoms with van der Waals surface area (Å²) in [5, 5.41) is 20.8. The average molecular weight is 399 g/mol. The molecule has 0 aromatic heterocycles. The second-order valence-corrected chi connectivity index (χ2v) is 7.38. The molecule has 1 saturated heterocycles. The lowest BCUT2D eigenvalue weighted by molar-refractivity contribution is -0.138. The number of rotatable bonds is 10. The Morgan fingerprint density at radius 2 is 1.83 bits per heavy atom. The first kappa shape index (κ1) is 21.3. The van der Waals surface area contributed by atoms with Crippen LogP contribution in [0.15, 0.2) is 54.6 Å². The van der Waals surface area contributed by atoms with Gasteiger partial charge in [-0.15, -0.1) is 0 Å². The Morgan fingerprint density at radius 3 is 2.52 bits per heavy atom. The third-order valence-corrected chi connectivity index (χ3v) is 5.30. The van der Waals surface area contributed by atoms with Crippen molar-refractivity contribution >= 4 is 5.91 Å². The molecule has 156 valence electrons. The number of ether oxygens (including phenoxy) is 2. The number of benzene rings is 2. The molecular weight excluding hydrogens is 370 g/mol. The van der Waals surface area contributed by atoms with Crippen LogP contribution in [-0.2, 0) is 22.7 Å². The van der Waals surface area contributed by atoms with Crippen LogP contribution in [0.3, 0.4) is 0 Å². The van der Waals surface area contributed by atoms with E-state index in [0.29, 0.717) is 32.6 Å². The van der Waals surface area contributed by atoms with E-state index in [1.807, 2.05) is 54.6 Å². The molecule has 0 saturated carbocycles. The number of hydrogen-bond donors (Lipinski definition) is 2. The summed E-state index contributed by atoms with van der Waals surface area (Å²) in [7, 11) is 1.60. The molecule has 0 radical (unpaired) electrons. The standard InChI is InChI=1S/C23H29NO5/c1-28-19-11-9-17(10-12-19)15-24-22(26)14-20(23(24)27)21(25)8-5-13-29-16-18-6-3-2-4-7-18/h2-4,6-7,9-12,20-22,25-26H,5,8,13-16H2,1H3/t20-,21+,22?/m1/s1. The molecule has 2 aromatic rings. The highest BCUT2D eigenvalue weighted by Gasteiger charge is 2.41. The summed E-state index contributed by atoms with van der Waals surface area (Å²) < 4.78 is 10.8. The summed E-state index contributed by atoms with van der Waals surface area (Å²) in [5.74, 6) is -0.0341. The van der Waals surface area contributed by atoms with Gasteiger partial charge in [0.05, 0.1) is 25.7 Å². The highest BCUT2D eigenvalue weighted by molar-refractivity contribution is 5.81. The van der Waals surface area contributed by atoms with E-state index < -0.39 is 18.2 Å². The predicted molar refractivity (Wildman–Crippen MR) is 109 cm³/mol. The van der Waals surface area contributed by atoms with Gasteiger partial charge in [0.1, 0.15) is 12.0 Å². The number of likely N-dealkylation sites (tertiary alicyclic amines) is 1. The van der Waals surface area contributed by atoms with Crippen LogP contribution < -0.4 is 4.74 Å². The SMILES string of the molecule is COc1ccc(CN2C(=O)[C@@H]([C@@H](O)CCCOCc3ccccc3)CC2O)cc1. The molecule has 0 aliphatic carbocycles. The van der Waals surface area contributed by atoms with Crippen molar-refractivity contribution in [3.05, 3.63) is 65.7 Å². The fourth-order valence-corrected chi connectivity index (χ4v) is 3.61. The summed E-state index contributed by atoms with van der Waals surface area (Å²) in [4.78, 5) is 14.1. The van der Waals surface area contributed by atoms with E-state index in [4.69, 9.17) is 9.47 Å². The minimum Gasteiger partial charge on any atom is -0.497 e. The second-order valence-electron chi connectivity index (χ2n) is 7.38. The zero-order valence-corrected chi connectivity index (χ0v) is 16.7. The van der Waals surface area contributed by atoms with Gasteiger partial charge < -0.3 is 24.6 Å². The lowest BCUT2D eigenvalue weighted by atomic mass is 9.97. The summed E-state index contributed by atoms with van der Waals surface area (Å²) >= 11 is 0. The largest absolute Gasteiger partial charge is 0.497 e. The molecule has 6 nitrogen and oxygen atoms in total. The summed E-state index contributed by atoms with van der Waals surface area (Å²) in [6.45, 7) is 1.37. The van der Waals surface area contributed by atoms with Crippen molar-refractivity contribution in [1.29, 1.82) is 0 Å². The van der Waals surface area contributed by atoms with Crippen LogP contribution >= 0.6 is 0 Å². The molecule has 3 atom stereocenters. The van der Waals surface area contributed by atoms with Gasteiger partial charge in [-0.3, -0.25) is 4.79 Å². The monoisotopic (exact) mass is 399 g/mol. The van der Waals surface area contributed by atoms with E-state index in [2.05, 4.69) is 0 Å². The number of amides is 1. The second kappa shape index (κ2) is 10.4. The highest BCUT2D eigenvalue weighted by Crippen LogP contribution is 2.29. The number of methoxy groups -OCH3 is 1. The van der Waals surface area contributed by atoms with Crippen LogP contribution in [0.4, 0.5) is 0 Å². The Morgan fingerprint density at radius 1 is 1.10 bits per heavy atom. The molecule has 1 aliphatic heterocycles. The molecule has 1 heterocycles. The zero-order valence-electron chi connectivity index (χ0n) is 16.7. The maximum absolute atomic E-state index is 12.7. The quantitative estimate of drug-likeness (QED) is 0.601. The van der Waals surface area contributed by atoms with Crippen LogP contribution in [0.25, 0.3) is 0 Å². The Hall–Kier alpha value is -2.41. The molecule has 1 fully saturated rings. The number of hydrogen-bond acceptors (Lipinski definition) is 5. The molecule has 1 aliphatic rings. The first-order chi connectivity index (χ1) is 14.1. The van der Waals surface area contributed by atoms with Gasteiger partial charge in [0.15, 0.2) is 0 Å². The summed E-state index contributed by atoms with van der Waals surface area (Å²) in [5.41, 5.74) is 2.01. The third kappa shape index (κ3) is 5.79. The molecule has 1 unspecified atom stereocenters. The fraction of sp³-hybridized carbons (Fsp3) is 0.435. The van der Waals surface area contributed by atoms with E-state index >= 15 is 0 Å². The molecule has 0 bridgehead atoms. The van der Waals surface area contributed by atoms with Crippen molar-refractivity contribution < 1.29 is 24.5 Å². The molecule has 6 heteroatoms. The van der Waals surface area contributed by atoms with E-state index in [1.54, 1.807) is 7.11 Å². The van der Waals surface area contributed by atoms with E-state index in [9.17, 15) is 15.0 Å². The molecule has 2 aromatic carbocycles. The number of nitrogens with zero attached hydrogens (tertiary/aromatic N) is 1. The first-order valence-electron chi connectivity index (χ1n) is 9.99. The van der Waals surface area contributed by atoms with Gasteiger partial charge in [0, 0.05) is 19.6 Å². The Balaban J connectivity index is 1.43. The Kier molecular flexibility index (Phi) is 7.63. The fourth-order valence-electron chi connectivity index (χ4n) is 3.61. The number of carbonyl (C=O) groups is 1.